The first-order valence-electron chi connectivity index (χ1n) is 8.92. The van der Waals surface area contributed by atoms with E-state index in [1.165, 1.54) is 18.4 Å². The van der Waals surface area contributed by atoms with E-state index in [2.05, 4.69) is 39.5 Å². The largest absolute Gasteiger partial charge is 0.336 e. The van der Waals surface area contributed by atoms with E-state index < -0.39 is 0 Å². The van der Waals surface area contributed by atoms with Gasteiger partial charge in [0, 0.05) is 19.8 Å². The van der Waals surface area contributed by atoms with Crippen molar-refractivity contribution in [2.75, 3.05) is 26.7 Å². The minimum absolute atomic E-state index is 0.0641. The molecule has 2 amide bonds. The van der Waals surface area contributed by atoms with Gasteiger partial charge in [0.15, 0.2) is 0 Å². The highest BCUT2D eigenvalue weighted by Gasteiger charge is 2.24. The number of aromatic nitrogens is 1. The van der Waals surface area contributed by atoms with E-state index >= 15 is 0 Å². The van der Waals surface area contributed by atoms with E-state index in [-0.39, 0.29) is 12.1 Å². The normalized spacial score (nSPS) is 15.7. The quantitative estimate of drug-likeness (QED) is 0.881. The summed E-state index contributed by atoms with van der Waals surface area (Å²) >= 11 is 0. The summed E-state index contributed by atoms with van der Waals surface area (Å²) < 4.78 is 0. The van der Waals surface area contributed by atoms with E-state index in [0.29, 0.717) is 13.1 Å². The second-order valence-corrected chi connectivity index (χ2v) is 6.53. The molecule has 1 saturated heterocycles. The number of hydrogen-bond acceptors (Lipinski definition) is 3. The lowest BCUT2D eigenvalue weighted by atomic mass is 10.1. The van der Waals surface area contributed by atoms with Crippen molar-refractivity contribution in [1.82, 2.24) is 20.1 Å². The Hall–Kier alpha value is -2.40. The van der Waals surface area contributed by atoms with Crippen molar-refractivity contribution in [1.29, 1.82) is 0 Å². The van der Waals surface area contributed by atoms with Gasteiger partial charge in [0.2, 0.25) is 0 Å². The van der Waals surface area contributed by atoms with Gasteiger partial charge in [-0.05, 0) is 43.6 Å². The van der Waals surface area contributed by atoms with Crippen LogP contribution >= 0.6 is 0 Å². The summed E-state index contributed by atoms with van der Waals surface area (Å²) in [5.41, 5.74) is 2.15. The number of pyridine rings is 1. The van der Waals surface area contributed by atoms with Crippen molar-refractivity contribution >= 4 is 6.03 Å². The van der Waals surface area contributed by atoms with Gasteiger partial charge in [-0.25, -0.2) is 4.79 Å². The summed E-state index contributed by atoms with van der Waals surface area (Å²) in [5, 5.41) is 3.10. The Morgan fingerprint density at radius 3 is 2.56 bits per heavy atom. The number of hydrogen-bond donors (Lipinski definition) is 1. The van der Waals surface area contributed by atoms with Crippen LogP contribution in [0.15, 0.2) is 54.7 Å². The Bertz CT molecular complexity index is 656. The van der Waals surface area contributed by atoms with Gasteiger partial charge in [-0.1, -0.05) is 36.4 Å². The number of carbonyl (C=O) groups excluding carboxylic acids is 1. The lowest BCUT2D eigenvalue weighted by molar-refractivity contribution is 0.195. The maximum absolute atomic E-state index is 12.5. The molecular formula is C20H26N4O. The number of likely N-dealkylation sites (tertiary alicyclic amines) is 1. The van der Waals surface area contributed by atoms with Gasteiger partial charge in [-0.3, -0.25) is 9.88 Å². The van der Waals surface area contributed by atoms with E-state index in [1.54, 1.807) is 18.1 Å². The monoisotopic (exact) mass is 338 g/mol. The zero-order valence-corrected chi connectivity index (χ0v) is 14.8. The third-order valence-corrected chi connectivity index (χ3v) is 4.68. The van der Waals surface area contributed by atoms with E-state index in [9.17, 15) is 4.79 Å². The molecule has 0 radical (unpaired) electrons. The lowest BCUT2D eigenvalue weighted by Crippen LogP contribution is -2.42. The van der Waals surface area contributed by atoms with Crippen molar-refractivity contribution < 1.29 is 4.79 Å². The second-order valence-electron chi connectivity index (χ2n) is 6.53. The predicted molar refractivity (Wildman–Crippen MR) is 99.1 cm³/mol. The van der Waals surface area contributed by atoms with Crippen LogP contribution in [0.1, 0.15) is 30.1 Å². The van der Waals surface area contributed by atoms with E-state index in [0.717, 1.165) is 18.8 Å². The zero-order chi connectivity index (χ0) is 17.5. The van der Waals surface area contributed by atoms with Crippen molar-refractivity contribution in [3.63, 3.8) is 0 Å². The lowest BCUT2D eigenvalue weighted by Gasteiger charge is -2.29. The summed E-state index contributed by atoms with van der Waals surface area (Å²) in [5.74, 6) is 0. The van der Waals surface area contributed by atoms with Gasteiger partial charge in [0.05, 0.1) is 18.3 Å². The van der Waals surface area contributed by atoms with Crippen molar-refractivity contribution in [2.24, 2.45) is 0 Å². The Morgan fingerprint density at radius 2 is 1.88 bits per heavy atom. The molecule has 0 saturated carbocycles. The molecule has 0 aliphatic carbocycles. The van der Waals surface area contributed by atoms with E-state index in [1.807, 2.05) is 24.3 Å². The fraction of sp³-hybridized carbons (Fsp3) is 0.400. The van der Waals surface area contributed by atoms with Crippen molar-refractivity contribution in [3.8, 4) is 0 Å². The molecule has 0 bridgehead atoms. The molecule has 1 aliphatic rings. The van der Waals surface area contributed by atoms with Crippen LogP contribution in [-0.2, 0) is 6.54 Å². The summed E-state index contributed by atoms with van der Waals surface area (Å²) in [6.07, 6.45) is 4.22. The van der Waals surface area contributed by atoms with Gasteiger partial charge >= 0.3 is 6.03 Å². The highest BCUT2D eigenvalue weighted by molar-refractivity contribution is 5.73. The zero-order valence-electron chi connectivity index (χ0n) is 14.8. The van der Waals surface area contributed by atoms with Gasteiger partial charge in [-0.15, -0.1) is 0 Å². The number of nitrogens with zero attached hydrogens (tertiary/aromatic N) is 3. The first-order valence-corrected chi connectivity index (χ1v) is 8.92. The Morgan fingerprint density at radius 1 is 1.16 bits per heavy atom. The number of carbonyl (C=O) groups is 1. The molecule has 1 N–H and O–H groups in total. The Labute approximate surface area is 149 Å². The molecule has 3 rings (SSSR count). The Kier molecular flexibility index (Phi) is 6.01. The third kappa shape index (κ3) is 4.79. The van der Waals surface area contributed by atoms with Crippen LogP contribution < -0.4 is 5.32 Å². The number of benzene rings is 1. The van der Waals surface area contributed by atoms with Crippen LogP contribution in [0, 0.1) is 0 Å². The number of rotatable bonds is 6. The average Bonchev–Trinajstić information content (AvgIpc) is 3.18. The smallest absolute Gasteiger partial charge is 0.317 e. The first-order chi connectivity index (χ1) is 12.2. The summed E-state index contributed by atoms with van der Waals surface area (Å²) in [6, 6.07) is 16.4. The molecule has 1 fully saturated rings. The fourth-order valence-corrected chi connectivity index (χ4v) is 3.31. The van der Waals surface area contributed by atoms with Crippen LogP contribution in [0.3, 0.4) is 0 Å². The highest BCUT2D eigenvalue weighted by atomic mass is 16.2. The number of urea groups is 1. The van der Waals surface area contributed by atoms with Crippen molar-refractivity contribution in [2.45, 2.75) is 25.4 Å². The van der Waals surface area contributed by atoms with Crippen LogP contribution in [0.4, 0.5) is 4.79 Å². The number of nitrogens with one attached hydrogen (secondary N) is 1. The van der Waals surface area contributed by atoms with Gasteiger partial charge in [0.1, 0.15) is 0 Å². The van der Waals surface area contributed by atoms with Crippen molar-refractivity contribution in [3.05, 3.63) is 66.0 Å². The molecule has 5 heteroatoms. The SMILES string of the molecule is CN(Cc1ccccn1)C(=O)NCC(c1ccccc1)N1CCCC1. The topological polar surface area (TPSA) is 48.5 Å². The molecule has 132 valence electrons. The summed E-state index contributed by atoms with van der Waals surface area (Å²) in [6.45, 7) is 3.32. The molecule has 25 heavy (non-hydrogen) atoms. The molecular weight excluding hydrogens is 312 g/mol. The minimum atomic E-state index is -0.0641. The highest BCUT2D eigenvalue weighted by Crippen LogP contribution is 2.24. The summed E-state index contributed by atoms with van der Waals surface area (Å²) in [4.78, 5) is 20.9. The fourth-order valence-electron chi connectivity index (χ4n) is 3.31. The maximum atomic E-state index is 12.5. The molecule has 1 aromatic heterocycles. The first kappa shape index (κ1) is 17.4. The molecule has 2 aromatic rings. The number of amides is 2. The van der Waals surface area contributed by atoms with Gasteiger partial charge < -0.3 is 10.2 Å². The molecule has 2 heterocycles. The molecule has 5 nitrogen and oxygen atoms in total. The Balaban J connectivity index is 1.59. The van der Waals surface area contributed by atoms with Gasteiger partial charge in [0.25, 0.3) is 0 Å². The molecule has 1 aromatic carbocycles. The minimum Gasteiger partial charge on any atom is -0.336 e. The standard InChI is InChI=1S/C20H26N4O/c1-23(16-18-11-5-6-12-21-18)20(25)22-15-19(24-13-7-8-14-24)17-9-3-2-4-10-17/h2-6,9-12,19H,7-8,13-16H2,1H3,(H,22,25). The molecule has 0 spiro atoms. The summed E-state index contributed by atoms with van der Waals surface area (Å²) in [7, 11) is 1.80. The molecule has 1 aliphatic heterocycles. The predicted octanol–water partition coefficient (Wildman–Crippen LogP) is 3.06. The van der Waals surface area contributed by atoms with E-state index in [4.69, 9.17) is 0 Å². The second kappa shape index (κ2) is 8.62. The van der Waals surface area contributed by atoms with Crippen LogP contribution in [0.25, 0.3) is 0 Å². The molecule has 1 unspecified atom stereocenters. The van der Waals surface area contributed by atoms with Crippen LogP contribution in [-0.4, -0.2) is 47.5 Å². The van der Waals surface area contributed by atoms with Gasteiger partial charge in [-0.2, -0.15) is 0 Å². The van der Waals surface area contributed by atoms with Crippen LogP contribution in [0.2, 0.25) is 0 Å². The maximum Gasteiger partial charge on any atom is 0.317 e. The molecule has 1 atom stereocenters. The van der Waals surface area contributed by atoms with Crippen LogP contribution in [0.5, 0.6) is 0 Å². The average molecular weight is 338 g/mol. The third-order valence-electron chi connectivity index (χ3n) is 4.68.